The second-order valence-electron chi connectivity index (χ2n) is 2.64. The first-order chi connectivity index (χ1) is 6.84. The largest absolute Gasteiger partial charge is 0.208 e. The van der Waals surface area contributed by atoms with Crippen LogP contribution in [0.15, 0.2) is 42.0 Å². The van der Waals surface area contributed by atoms with Gasteiger partial charge in [0.2, 0.25) is 0 Å². The molecule has 2 aromatic rings. The Hall–Kier alpha value is -1.68. The van der Waals surface area contributed by atoms with E-state index in [2.05, 4.69) is 15.3 Å². The smallest absolute Gasteiger partial charge is 0.141 e. The lowest BCUT2D eigenvalue weighted by atomic mass is 10.2. The van der Waals surface area contributed by atoms with Gasteiger partial charge in [-0.1, -0.05) is 23.7 Å². The standard InChI is InChI=1S/C9H7ClN4/c10-9-3-1-2-8(4-9)5-13-14-6-11-12-7-14/h1-7H/b13-5-. The van der Waals surface area contributed by atoms with Crippen molar-refractivity contribution in [2.24, 2.45) is 5.10 Å². The fourth-order valence-corrected chi connectivity index (χ4v) is 1.17. The molecule has 1 aromatic carbocycles. The Kier molecular flexibility index (Phi) is 2.55. The van der Waals surface area contributed by atoms with E-state index in [1.165, 1.54) is 17.3 Å². The molecule has 0 aliphatic heterocycles. The van der Waals surface area contributed by atoms with Gasteiger partial charge in [0.25, 0.3) is 0 Å². The summed E-state index contributed by atoms with van der Waals surface area (Å²) in [7, 11) is 0. The van der Waals surface area contributed by atoms with Crippen LogP contribution in [0, 0.1) is 0 Å². The highest BCUT2D eigenvalue weighted by atomic mass is 35.5. The molecule has 70 valence electrons. The Morgan fingerprint density at radius 1 is 1.29 bits per heavy atom. The molecule has 0 aliphatic carbocycles. The van der Waals surface area contributed by atoms with Crippen LogP contribution in [0.25, 0.3) is 0 Å². The number of benzene rings is 1. The van der Waals surface area contributed by atoms with E-state index < -0.39 is 0 Å². The molecule has 5 heteroatoms. The third-order valence-corrected chi connectivity index (χ3v) is 1.83. The van der Waals surface area contributed by atoms with E-state index in [0.717, 1.165) is 5.56 Å². The number of halogens is 1. The number of rotatable bonds is 2. The van der Waals surface area contributed by atoms with Gasteiger partial charge >= 0.3 is 0 Å². The van der Waals surface area contributed by atoms with E-state index in [9.17, 15) is 0 Å². The molecule has 14 heavy (non-hydrogen) atoms. The summed E-state index contributed by atoms with van der Waals surface area (Å²) in [6.07, 6.45) is 4.72. The predicted octanol–water partition coefficient (Wildman–Crippen LogP) is 1.81. The molecule has 0 spiro atoms. The Morgan fingerprint density at radius 2 is 2.07 bits per heavy atom. The van der Waals surface area contributed by atoms with Crippen molar-refractivity contribution in [3.63, 3.8) is 0 Å². The summed E-state index contributed by atoms with van der Waals surface area (Å²) in [5, 5.41) is 12.0. The fourth-order valence-electron chi connectivity index (χ4n) is 0.975. The average molecular weight is 207 g/mol. The van der Waals surface area contributed by atoms with Crippen molar-refractivity contribution in [3.8, 4) is 0 Å². The van der Waals surface area contributed by atoms with Crippen molar-refractivity contribution in [2.75, 3.05) is 0 Å². The average Bonchev–Trinajstić information content (AvgIpc) is 2.67. The minimum atomic E-state index is 0.692. The molecule has 1 heterocycles. The van der Waals surface area contributed by atoms with E-state index >= 15 is 0 Å². The van der Waals surface area contributed by atoms with Gasteiger partial charge in [-0.3, -0.25) is 0 Å². The molecule has 1 aromatic heterocycles. The minimum absolute atomic E-state index is 0.692. The van der Waals surface area contributed by atoms with Crippen LogP contribution in [0.4, 0.5) is 0 Å². The fraction of sp³-hybridized carbons (Fsp3) is 0. The van der Waals surface area contributed by atoms with Gasteiger partial charge in [0, 0.05) is 5.02 Å². The van der Waals surface area contributed by atoms with Crippen LogP contribution in [0.1, 0.15) is 5.56 Å². The summed E-state index contributed by atoms with van der Waals surface area (Å²) in [5.41, 5.74) is 0.936. The van der Waals surface area contributed by atoms with Crippen molar-refractivity contribution in [1.29, 1.82) is 0 Å². The van der Waals surface area contributed by atoms with Crippen molar-refractivity contribution >= 4 is 17.8 Å². The summed E-state index contributed by atoms with van der Waals surface area (Å²) >= 11 is 5.81. The maximum absolute atomic E-state index is 5.81. The van der Waals surface area contributed by atoms with E-state index in [-0.39, 0.29) is 0 Å². The molecule has 0 saturated carbocycles. The first-order valence-corrected chi connectivity index (χ1v) is 4.37. The zero-order valence-corrected chi connectivity index (χ0v) is 7.96. The van der Waals surface area contributed by atoms with Crippen LogP contribution in [0.5, 0.6) is 0 Å². The molecule has 0 unspecified atom stereocenters. The summed E-state index contributed by atoms with van der Waals surface area (Å²) in [4.78, 5) is 0. The third kappa shape index (κ3) is 2.17. The normalized spacial score (nSPS) is 10.9. The van der Waals surface area contributed by atoms with Crippen molar-refractivity contribution in [2.45, 2.75) is 0 Å². The van der Waals surface area contributed by atoms with E-state index in [1.807, 2.05) is 24.3 Å². The van der Waals surface area contributed by atoms with Gasteiger partial charge in [-0.15, -0.1) is 10.2 Å². The van der Waals surface area contributed by atoms with Crippen molar-refractivity contribution in [1.82, 2.24) is 14.9 Å². The third-order valence-electron chi connectivity index (χ3n) is 1.60. The summed E-state index contributed by atoms with van der Waals surface area (Å²) in [6, 6.07) is 7.43. The van der Waals surface area contributed by atoms with E-state index in [1.54, 1.807) is 6.21 Å². The molecule has 0 bridgehead atoms. The van der Waals surface area contributed by atoms with Crippen LogP contribution >= 0.6 is 11.6 Å². The quantitative estimate of drug-likeness (QED) is 0.704. The summed E-state index contributed by atoms with van der Waals surface area (Å²) in [6.45, 7) is 0. The molecule has 2 rings (SSSR count). The number of aromatic nitrogens is 3. The van der Waals surface area contributed by atoms with Crippen LogP contribution in [-0.4, -0.2) is 21.1 Å². The van der Waals surface area contributed by atoms with Crippen LogP contribution < -0.4 is 0 Å². The Balaban J connectivity index is 2.18. The summed E-state index contributed by atoms with van der Waals surface area (Å²) in [5.74, 6) is 0. The van der Waals surface area contributed by atoms with Crippen LogP contribution in [0.3, 0.4) is 0 Å². The Bertz CT molecular complexity index is 436. The minimum Gasteiger partial charge on any atom is -0.208 e. The first kappa shape index (κ1) is 8.90. The van der Waals surface area contributed by atoms with Crippen LogP contribution in [0.2, 0.25) is 5.02 Å². The Morgan fingerprint density at radius 3 is 2.79 bits per heavy atom. The van der Waals surface area contributed by atoms with Crippen molar-refractivity contribution in [3.05, 3.63) is 47.5 Å². The molecule has 0 aliphatic rings. The van der Waals surface area contributed by atoms with E-state index in [0.29, 0.717) is 5.02 Å². The van der Waals surface area contributed by atoms with E-state index in [4.69, 9.17) is 11.6 Å². The Labute approximate surface area is 85.8 Å². The molecule has 0 saturated heterocycles. The zero-order valence-electron chi connectivity index (χ0n) is 7.21. The first-order valence-electron chi connectivity index (χ1n) is 3.99. The highest BCUT2D eigenvalue weighted by Gasteiger charge is 1.89. The molecule has 0 N–H and O–H groups in total. The second-order valence-corrected chi connectivity index (χ2v) is 3.08. The maximum atomic E-state index is 5.81. The van der Waals surface area contributed by atoms with Gasteiger partial charge in [0.15, 0.2) is 0 Å². The lowest BCUT2D eigenvalue weighted by Gasteiger charge is -1.93. The van der Waals surface area contributed by atoms with Gasteiger partial charge < -0.3 is 0 Å². The van der Waals surface area contributed by atoms with Gasteiger partial charge in [-0.05, 0) is 17.7 Å². The summed E-state index contributed by atoms with van der Waals surface area (Å²) < 4.78 is 1.51. The monoisotopic (exact) mass is 206 g/mol. The number of nitrogens with zero attached hydrogens (tertiary/aromatic N) is 4. The van der Waals surface area contributed by atoms with Gasteiger partial charge in [0.05, 0.1) is 6.21 Å². The molecule has 0 fully saturated rings. The zero-order chi connectivity index (χ0) is 9.80. The number of hydrogen-bond donors (Lipinski definition) is 0. The molecule has 0 radical (unpaired) electrons. The number of hydrogen-bond acceptors (Lipinski definition) is 3. The molecule has 0 amide bonds. The molecule has 0 atom stereocenters. The predicted molar refractivity (Wildman–Crippen MR) is 54.5 cm³/mol. The SMILES string of the molecule is Clc1cccc(/C=N\n2cnnc2)c1. The van der Waals surface area contributed by atoms with Gasteiger partial charge in [-0.2, -0.15) is 5.10 Å². The van der Waals surface area contributed by atoms with Gasteiger partial charge in [-0.25, -0.2) is 4.68 Å². The lowest BCUT2D eigenvalue weighted by molar-refractivity contribution is 0.878. The molecule has 4 nitrogen and oxygen atoms in total. The highest BCUT2D eigenvalue weighted by Crippen LogP contribution is 2.08. The maximum Gasteiger partial charge on any atom is 0.141 e. The molecular formula is C9H7ClN4. The second kappa shape index (κ2) is 4.02. The van der Waals surface area contributed by atoms with Crippen molar-refractivity contribution < 1.29 is 0 Å². The highest BCUT2D eigenvalue weighted by molar-refractivity contribution is 6.30. The van der Waals surface area contributed by atoms with Gasteiger partial charge in [0.1, 0.15) is 12.7 Å². The molecular weight excluding hydrogens is 200 g/mol. The lowest BCUT2D eigenvalue weighted by Crippen LogP contribution is -1.86. The topological polar surface area (TPSA) is 43.1 Å². The van der Waals surface area contributed by atoms with Crippen LogP contribution in [-0.2, 0) is 0 Å².